The Bertz CT molecular complexity index is 162. The molecule has 0 radical (unpaired) electrons. The van der Waals surface area contributed by atoms with Gasteiger partial charge in [0.1, 0.15) is 0 Å². The van der Waals surface area contributed by atoms with Crippen LogP contribution in [0.5, 0.6) is 0 Å². The molecule has 1 atom stereocenters. The van der Waals surface area contributed by atoms with Crippen molar-refractivity contribution in [2.75, 3.05) is 0 Å². The van der Waals surface area contributed by atoms with Gasteiger partial charge in [0.2, 0.25) is 0 Å². The molecule has 0 saturated heterocycles. The third-order valence-corrected chi connectivity index (χ3v) is 1.99. The van der Waals surface area contributed by atoms with Crippen LogP contribution in [0.3, 0.4) is 0 Å². The fraction of sp³-hybridized carbons (Fsp3) is 0.625. The Morgan fingerprint density at radius 1 is 1.78 bits per heavy atom. The lowest BCUT2D eigenvalue weighted by atomic mass is 10.1. The SMILES string of the molecule is CC1CCCC1=CC#N. The van der Waals surface area contributed by atoms with Crippen LogP contribution in [0.25, 0.3) is 0 Å². The van der Waals surface area contributed by atoms with Crippen LogP contribution in [-0.4, -0.2) is 0 Å². The van der Waals surface area contributed by atoms with Gasteiger partial charge in [0.25, 0.3) is 0 Å². The Labute approximate surface area is 56.0 Å². The van der Waals surface area contributed by atoms with Gasteiger partial charge in [-0.25, -0.2) is 0 Å². The Morgan fingerprint density at radius 2 is 2.56 bits per heavy atom. The average Bonchev–Trinajstić information content (AvgIpc) is 2.18. The molecule has 0 spiro atoms. The van der Waals surface area contributed by atoms with Crippen molar-refractivity contribution in [2.24, 2.45) is 5.92 Å². The first-order valence-corrected chi connectivity index (χ1v) is 3.43. The summed E-state index contributed by atoms with van der Waals surface area (Å²) in [5.41, 5.74) is 1.34. The van der Waals surface area contributed by atoms with E-state index in [0.717, 1.165) is 6.42 Å². The molecule has 0 N–H and O–H groups in total. The van der Waals surface area contributed by atoms with Gasteiger partial charge in [-0.2, -0.15) is 5.26 Å². The third-order valence-electron chi connectivity index (χ3n) is 1.99. The van der Waals surface area contributed by atoms with E-state index in [2.05, 4.69) is 13.0 Å². The van der Waals surface area contributed by atoms with Crippen LogP contribution < -0.4 is 0 Å². The molecule has 48 valence electrons. The van der Waals surface area contributed by atoms with Crippen LogP contribution >= 0.6 is 0 Å². The van der Waals surface area contributed by atoms with E-state index >= 15 is 0 Å². The van der Waals surface area contributed by atoms with Crippen LogP contribution in [0.2, 0.25) is 0 Å². The molecule has 1 nitrogen and oxygen atoms in total. The fourth-order valence-corrected chi connectivity index (χ4v) is 1.34. The summed E-state index contributed by atoms with van der Waals surface area (Å²) in [5.74, 6) is 0.671. The van der Waals surface area contributed by atoms with Crippen LogP contribution in [0, 0.1) is 17.2 Å². The summed E-state index contributed by atoms with van der Waals surface area (Å²) in [5, 5.41) is 8.32. The lowest BCUT2D eigenvalue weighted by molar-refractivity contribution is 0.696. The zero-order chi connectivity index (χ0) is 6.69. The van der Waals surface area contributed by atoms with Gasteiger partial charge in [0.15, 0.2) is 0 Å². The second-order valence-electron chi connectivity index (χ2n) is 2.64. The summed E-state index contributed by atoms with van der Waals surface area (Å²) < 4.78 is 0. The average molecular weight is 121 g/mol. The van der Waals surface area contributed by atoms with E-state index in [1.165, 1.54) is 18.4 Å². The number of nitrogens with zero attached hydrogens (tertiary/aromatic N) is 1. The van der Waals surface area contributed by atoms with Gasteiger partial charge in [-0.1, -0.05) is 12.5 Å². The minimum Gasteiger partial charge on any atom is -0.193 e. The van der Waals surface area contributed by atoms with Crippen molar-refractivity contribution in [3.05, 3.63) is 11.6 Å². The molecule has 0 aromatic carbocycles. The highest BCUT2D eigenvalue weighted by atomic mass is 14.2. The maximum atomic E-state index is 8.32. The molecular formula is C8H11N. The van der Waals surface area contributed by atoms with E-state index < -0.39 is 0 Å². The molecule has 9 heavy (non-hydrogen) atoms. The van der Waals surface area contributed by atoms with Crippen molar-refractivity contribution in [1.82, 2.24) is 0 Å². The van der Waals surface area contributed by atoms with Crippen LogP contribution in [0.15, 0.2) is 11.6 Å². The molecule has 1 aliphatic carbocycles. The molecule has 0 heterocycles. The number of hydrogen-bond acceptors (Lipinski definition) is 1. The Kier molecular flexibility index (Phi) is 1.89. The number of allylic oxidation sites excluding steroid dienone is 2. The van der Waals surface area contributed by atoms with Crippen molar-refractivity contribution >= 4 is 0 Å². The maximum absolute atomic E-state index is 8.32. The first kappa shape index (κ1) is 6.35. The van der Waals surface area contributed by atoms with E-state index in [1.54, 1.807) is 6.08 Å². The molecule has 1 rings (SSSR count). The molecule has 0 aromatic rings. The van der Waals surface area contributed by atoms with Crippen LogP contribution in [-0.2, 0) is 0 Å². The zero-order valence-corrected chi connectivity index (χ0v) is 5.72. The van der Waals surface area contributed by atoms with E-state index in [4.69, 9.17) is 5.26 Å². The molecule has 1 fully saturated rings. The molecule has 1 saturated carbocycles. The molecule has 0 amide bonds. The maximum Gasteiger partial charge on any atom is 0.0911 e. The first-order chi connectivity index (χ1) is 4.34. The van der Waals surface area contributed by atoms with Gasteiger partial charge in [0.05, 0.1) is 6.07 Å². The second-order valence-corrected chi connectivity index (χ2v) is 2.64. The van der Waals surface area contributed by atoms with E-state index in [0.29, 0.717) is 5.92 Å². The summed E-state index contributed by atoms with van der Waals surface area (Å²) in [6.45, 7) is 2.19. The predicted molar refractivity (Wildman–Crippen MR) is 36.7 cm³/mol. The summed E-state index contributed by atoms with van der Waals surface area (Å²) in [6, 6.07) is 2.08. The summed E-state index contributed by atoms with van der Waals surface area (Å²) >= 11 is 0. The lowest BCUT2D eigenvalue weighted by Crippen LogP contribution is -1.86. The molecule has 1 heteroatoms. The van der Waals surface area contributed by atoms with E-state index in [1.807, 2.05) is 0 Å². The summed E-state index contributed by atoms with van der Waals surface area (Å²) in [6.07, 6.45) is 5.40. The quantitative estimate of drug-likeness (QED) is 0.451. The minimum absolute atomic E-state index is 0.671. The fourth-order valence-electron chi connectivity index (χ4n) is 1.34. The predicted octanol–water partition coefficient (Wildman–Crippen LogP) is 2.26. The number of rotatable bonds is 0. The smallest absolute Gasteiger partial charge is 0.0911 e. The van der Waals surface area contributed by atoms with Crippen LogP contribution in [0.4, 0.5) is 0 Å². The molecule has 1 aliphatic rings. The van der Waals surface area contributed by atoms with Gasteiger partial charge in [0, 0.05) is 6.08 Å². The van der Waals surface area contributed by atoms with Crippen molar-refractivity contribution in [1.29, 1.82) is 5.26 Å². The standard InChI is InChI=1S/C8H11N/c1-7-3-2-4-8(7)5-6-9/h5,7H,2-4H2,1H3. The Morgan fingerprint density at radius 3 is 3.00 bits per heavy atom. The van der Waals surface area contributed by atoms with Crippen molar-refractivity contribution < 1.29 is 0 Å². The Balaban J connectivity index is 2.62. The van der Waals surface area contributed by atoms with Gasteiger partial charge < -0.3 is 0 Å². The lowest BCUT2D eigenvalue weighted by Gasteiger charge is -1.99. The van der Waals surface area contributed by atoms with Crippen molar-refractivity contribution in [2.45, 2.75) is 26.2 Å². The zero-order valence-electron chi connectivity index (χ0n) is 5.72. The van der Waals surface area contributed by atoms with E-state index in [9.17, 15) is 0 Å². The second kappa shape index (κ2) is 2.68. The molecule has 0 aromatic heterocycles. The number of nitriles is 1. The first-order valence-electron chi connectivity index (χ1n) is 3.43. The highest BCUT2D eigenvalue weighted by Crippen LogP contribution is 2.29. The summed E-state index contributed by atoms with van der Waals surface area (Å²) in [4.78, 5) is 0. The Hall–Kier alpha value is -0.770. The monoisotopic (exact) mass is 121 g/mol. The molecular weight excluding hydrogens is 110 g/mol. The number of hydrogen-bond donors (Lipinski definition) is 0. The third kappa shape index (κ3) is 1.32. The highest BCUT2D eigenvalue weighted by Gasteiger charge is 2.14. The highest BCUT2D eigenvalue weighted by molar-refractivity contribution is 5.18. The summed E-state index contributed by atoms with van der Waals surface area (Å²) in [7, 11) is 0. The van der Waals surface area contributed by atoms with Crippen LogP contribution in [0.1, 0.15) is 26.2 Å². The molecule has 0 aliphatic heterocycles. The van der Waals surface area contributed by atoms with Gasteiger partial charge in [-0.15, -0.1) is 0 Å². The minimum atomic E-state index is 0.671. The van der Waals surface area contributed by atoms with Gasteiger partial charge in [-0.05, 0) is 25.2 Å². The van der Waals surface area contributed by atoms with Crippen molar-refractivity contribution in [3.8, 4) is 6.07 Å². The topological polar surface area (TPSA) is 23.8 Å². The normalized spacial score (nSPS) is 30.7. The molecule has 0 bridgehead atoms. The van der Waals surface area contributed by atoms with Gasteiger partial charge >= 0.3 is 0 Å². The van der Waals surface area contributed by atoms with E-state index in [-0.39, 0.29) is 0 Å². The largest absolute Gasteiger partial charge is 0.193 e. The molecule has 1 unspecified atom stereocenters. The van der Waals surface area contributed by atoms with Crippen molar-refractivity contribution in [3.63, 3.8) is 0 Å². The van der Waals surface area contributed by atoms with Gasteiger partial charge in [-0.3, -0.25) is 0 Å².